The molecule has 2 amide bonds. The number of para-hydroxylation sites is 1. The number of alkyl carbamates (subject to hydrolysis) is 1. The molecule has 12 heteroatoms. The van der Waals surface area contributed by atoms with Crippen LogP contribution in [0.5, 0.6) is 0 Å². The highest BCUT2D eigenvalue weighted by atomic mass is 32.2. The predicted molar refractivity (Wildman–Crippen MR) is 153 cm³/mol. The van der Waals surface area contributed by atoms with Gasteiger partial charge in [0.15, 0.2) is 0 Å². The first-order chi connectivity index (χ1) is 19.2. The van der Waals surface area contributed by atoms with E-state index in [1.807, 2.05) is 60.7 Å². The molecule has 0 saturated carbocycles. The Morgan fingerprint density at radius 1 is 0.950 bits per heavy atom. The van der Waals surface area contributed by atoms with Crippen LogP contribution in [0.25, 0.3) is 10.6 Å². The lowest BCUT2D eigenvalue weighted by molar-refractivity contribution is -0.123. The van der Waals surface area contributed by atoms with Gasteiger partial charge in [-0.25, -0.2) is 14.1 Å². The van der Waals surface area contributed by atoms with Crippen molar-refractivity contribution in [3.63, 3.8) is 0 Å². The van der Waals surface area contributed by atoms with Crippen molar-refractivity contribution in [2.75, 3.05) is 18.0 Å². The van der Waals surface area contributed by atoms with Gasteiger partial charge in [0, 0.05) is 17.4 Å². The minimum atomic E-state index is -4.73. The van der Waals surface area contributed by atoms with Gasteiger partial charge in [-0.05, 0) is 17.7 Å². The molecule has 0 aliphatic rings. The smallest absolute Gasteiger partial charge is 0.407 e. The molecule has 0 saturated heterocycles. The van der Waals surface area contributed by atoms with Gasteiger partial charge >= 0.3 is 16.4 Å². The van der Waals surface area contributed by atoms with E-state index in [1.165, 1.54) is 30.6 Å². The molecule has 40 heavy (non-hydrogen) atoms. The second-order valence-electron chi connectivity index (χ2n) is 8.73. The van der Waals surface area contributed by atoms with E-state index in [0.717, 1.165) is 15.4 Å². The van der Waals surface area contributed by atoms with Crippen molar-refractivity contribution < 1.29 is 27.3 Å². The molecule has 0 fully saturated rings. The quantitative estimate of drug-likeness (QED) is 0.226. The fourth-order valence-electron chi connectivity index (χ4n) is 4.00. The van der Waals surface area contributed by atoms with E-state index < -0.39 is 34.4 Å². The van der Waals surface area contributed by atoms with Crippen LogP contribution in [-0.2, 0) is 26.3 Å². The average Bonchev–Trinajstić information content (AvgIpc) is 3.46. The molecule has 4 rings (SSSR count). The number of amides is 2. The normalized spacial score (nSPS) is 12.7. The number of aromatic nitrogens is 1. The number of nitrogens with one attached hydrogen (secondary N) is 2. The Bertz CT molecular complexity index is 1520. The van der Waals surface area contributed by atoms with Crippen LogP contribution in [0.3, 0.4) is 0 Å². The van der Waals surface area contributed by atoms with E-state index in [2.05, 4.69) is 15.6 Å². The predicted octanol–water partition coefficient (Wildman–Crippen LogP) is 4.24. The van der Waals surface area contributed by atoms with E-state index in [1.54, 1.807) is 23.6 Å². The lowest BCUT2D eigenvalue weighted by Gasteiger charge is -2.28. The second-order valence-corrected chi connectivity index (χ2v) is 10.9. The fraction of sp³-hybridized carbons (Fsp3) is 0.179. The lowest BCUT2D eigenvalue weighted by Crippen LogP contribution is -2.50. The zero-order valence-corrected chi connectivity index (χ0v) is 23.1. The number of methoxy groups -OCH3 is 1. The van der Waals surface area contributed by atoms with Gasteiger partial charge in [-0.2, -0.15) is 8.42 Å². The number of carbonyl (C=O) groups is 2. The summed E-state index contributed by atoms with van der Waals surface area (Å²) in [6.45, 7) is -0.358. The summed E-state index contributed by atoms with van der Waals surface area (Å²) in [6.07, 6.45) is -0.641. The number of hydrogen-bond acceptors (Lipinski definition) is 7. The number of thiazole rings is 1. The highest BCUT2D eigenvalue weighted by Gasteiger charge is 2.30. The molecule has 3 aromatic carbocycles. The van der Waals surface area contributed by atoms with E-state index in [0.29, 0.717) is 10.7 Å². The SMILES string of the molecule is COC(=O)N[C@@H](Cc1ccccc1)C(=O)N[C@@H](CN(c1ccccc1)S(=O)(=O)O)c1csc(-c2ccccc2)n1. The van der Waals surface area contributed by atoms with Crippen molar-refractivity contribution in [3.05, 3.63) is 108 Å². The van der Waals surface area contributed by atoms with Crippen LogP contribution in [0.1, 0.15) is 17.3 Å². The topological polar surface area (TPSA) is 138 Å². The highest BCUT2D eigenvalue weighted by Crippen LogP contribution is 2.28. The van der Waals surface area contributed by atoms with Crippen LogP contribution >= 0.6 is 11.3 Å². The maximum atomic E-state index is 13.6. The summed E-state index contributed by atoms with van der Waals surface area (Å²) < 4.78 is 40.5. The Balaban J connectivity index is 1.68. The van der Waals surface area contributed by atoms with Crippen molar-refractivity contribution in [1.82, 2.24) is 15.6 Å². The summed E-state index contributed by atoms with van der Waals surface area (Å²) in [4.78, 5) is 30.3. The summed E-state index contributed by atoms with van der Waals surface area (Å²) in [5.41, 5.74) is 2.24. The van der Waals surface area contributed by atoms with Crippen molar-refractivity contribution in [1.29, 1.82) is 0 Å². The Morgan fingerprint density at radius 3 is 2.15 bits per heavy atom. The van der Waals surface area contributed by atoms with Gasteiger partial charge in [-0.15, -0.1) is 11.3 Å². The van der Waals surface area contributed by atoms with Gasteiger partial charge < -0.3 is 15.4 Å². The number of rotatable bonds is 11. The first-order valence-electron chi connectivity index (χ1n) is 12.2. The molecule has 208 valence electrons. The summed E-state index contributed by atoms with van der Waals surface area (Å²) in [5, 5.41) is 7.77. The van der Waals surface area contributed by atoms with Gasteiger partial charge in [0.05, 0.1) is 31.1 Å². The van der Waals surface area contributed by atoms with E-state index in [-0.39, 0.29) is 18.7 Å². The summed E-state index contributed by atoms with van der Waals surface area (Å²) in [7, 11) is -3.53. The van der Waals surface area contributed by atoms with Crippen molar-refractivity contribution in [2.24, 2.45) is 0 Å². The monoisotopic (exact) mass is 580 g/mol. The Morgan fingerprint density at radius 2 is 1.55 bits per heavy atom. The van der Waals surface area contributed by atoms with Gasteiger partial charge in [-0.1, -0.05) is 78.9 Å². The molecule has 0 radical (unpaired) electrons. The average molecular weight is 581 g/mol. The van der Waals surface area contributed by atoms with E-state index in [4.69, 9.17) is 4.74 Å². The first kappa shape index (κ1) is 28.7. The number of carbonyl (C=O) groups excluding carboxylic acids is 2. The highest BCUT2D eigenvalue weighted by molar-refractivity contribution is 7.87. The Kier molecular flexibility index (Phi) is 9.48. The maximum Gasteiger partial charge on any atom is 0.407 e. The number of anilines is 1. The second kappa shape index (κ2) is 13.2. The van der Waals surface area contributed by atoms with Crippen molar-refractivity contribution in [2.45, 2.75) is 18.5 Å². The molecule has 0 unspecified atom stereocenters. The van der Waals surface area contributed by atoms with Crippen LogP contribution in [0.4, 0.5) is 10.5 Å². The summed E-state index contributed by atoms with van der Waals surface area (Å²) in [5.74, 6) is -0.586. The molecule has 0 aliphatic carbocycles. The molecular formula is C28H28N4O6S2. The van der Waals surface area contributed by atoms with Crippen LogP contribution in [0.15, 0.2) is 96.4 Å². The van der Waals surface area contributed by atoms with Crippen LogP contribution in [0, 0.1) is 0 Å². The third-order valence-corrected chi connectivity index (χ3v) is 7.79. The van der Waals surface area contributed by atoms with Gasteiger partial charge in [0.1, 0.15) is 11.0 Å². The number of hydrogen-bond donors (Lipinski definition) is 3. The number of ether oxygens (including phenoxy) is 1. The minimum absolute atomic E-state index is 0.154. The van der Waals surface area contributed by atoms with Gasteiger partial charge in [-0.3, -0.25) is 9.35 Å². The van der Waals surface area contributed by atoms with Crippen LogP contribution in [-0.4, -0.2) is 49.7 Å². The fourth-order valence-corrected chi connectivity index (χ4v) is 5.60. The molecule has 3 N–H and O–H groups in total. The molecule has 2 atom stereocenters. The molecule has 0 aliphatic heterocycles. The third kappa shape index (κ3) is 7.65. The molecule has 10 nitrogen and oxygen atoms in total. The molecule has 4 aromatic rings. The van der Waals surface area contributed by atoms with E-state index in [9.17, 15) is 22.6 Å². The number of nitrogens with zero attached hydrogens (tertiary/aromatic N) is 2. The van der Waals surface area contributed by atoms with Crippen molar-refractivity contribution in [3.8, 4) is 10.6 Å². The summed E-state index contributed by atoms with van der Waals surface area (Å²) in [6, 6.07) is 24.5. The van der Waals surface area contributed by atoms with Gasteiger partial charge in [0.2, 0.25) is 5.91 Å². The first-order valence-corrected chi connectivity index (χ1v) is 14.5. The molecular weight excluding hydrogens is 552 g/mol. The molecule has 0 spiro atoms. The van der Waals surface area contributed by atoms with E-state index >= 15 is 0 Å². The zero-order valence-electron chi connectivity index (χ0n) is 21.5. The summed E-state index contributed by atoms with van der Waals surface area (Å²) >= 11 is 1.33. The largest absolute Gasteiger partial charge is 0.453 e. The standard InChI is InChI=1S/C28H28N4O6S2/c1-38-28(34)31-23(17-20-11-5-2-6-12-20)26(33)29-24(18-32(40(35,36)37)22-15-9-4-10-16-22)25-19-39-27(30-25)21-13-7-3-8-14-21/h2-16,19,23-24H,17-18H2,1H3,(H,29,33)(H,31,34)(H,35,36,37)/t23-,24-/m0/s1. The molecule has 1 aromatic heterocycles. The number of benzene rings is 3. The Hall–Kier alpha value is -4.26. The lowest BCUT2D eigenvalue weighted by atomic mass is 10.0. The maximum absolute atomic E-state index is 13.6. The minimum Gasteiger partial charge on any atom is -0.453 e. The van der Waals surface area contributed by atoms with Crippen LogP contribution < -0.4 is 14.9 Å². The van der Waals surface area contributed by atoms with Crippen LogP contribution in [0.2, 0.25) is 0 Å². The Labute approximate surface area is 236 Å². The van der Waals surface area contributed by atoms with Gasteiger partial charge in [0.25, 0.3) is 0 Å². The zero-order chi connectivity index (χ0) is 28.5. The molecule has 1 heterocycles. The van der Waals surface area contributed by atoms with Crippen molar-refractivity contribution >= 4 is 39.3 Å². The molecule has 0 bridgehead atoms. The third-order valence-electron chi connectivity index (χ3n) is 5.96.